The molecular formula is C16H19N3O6S. The Morgan fingerprint density at radius 1 is 1.35 bits per heavy atom. The molecule has 10 heteroatoms. The Hall–Kier alpha value is -2.33. The molecule has 1 N–H and O–H groups in total. The summed E-state index contributed by atoms with van der Waals surface area (Å²) in [6.45, 7) is 4.21. The van der Waals surface area contributed by atoms with Crippen LogP contribution in [0.2, 0.25) is 0 Å². The first-order valence-electron chi connectivity index (χ1n) is 7.93. The number of esters is 2. The van der Waals surface area contributed by atoms with Crippen molar-refractivity contribution in [2.45, 2.75) is 26.1 Å². The minimum atomic E-state index is -0.782. The van der Waals surface area contributed by atoms with Crippen LogP contribution in [0.5, 0.6) is 0 Å². The molecule has 1 aromatic heterocycles. The third kappa shape index (κ3) is 3.10. The maximum absolute atomic E-state index is 12.5. The second kappa shape index (κ2) is 6.76. The lowest BCUT2D eigenvalue weighted by molar-refractivity contribution is -0.173. The Bertz CT molecular complexity index is 767. The molecule has 2 atom stereocenters. The van der Waals surface area contributed by atoms with Gasteiger partial charge in [0.2, 0.25) is 12.7 Å². The zero-order chi connectivity index (χ0) is 19.1. The topological polar surface area (TPSA) is 111 Å². The Morgan fingerprint density at radius 2 is 2.08 bits per heavy atom. The molecule has 26 heavy (non-hydrogen) atoms. The minimum absolute atomic E-state index is 0.0551. The number of aromatic nitrogens is 2. The fourth-order valence-corrected chi connectivity index (χ4v) is 3.94. The highest BCUT2D eigenvalue weighted by Gasteiger charge is 2.56. The lowest BCUT2D eigenvalue weighted by Gasteiger charge is -2.41. The summed E-state index contributed by atoms with van der Waals surface area (Å²) in [5.74, 6) is -2.20. The largest absolute Gasteiger partial charge is 0.427 e. The van der Waals surface area contributed by atoms with E-state index in [9.17, 15) is 19.5 Å². The van der Waals surface area contributed by atoms with Crippen LogP contribution >= 0.6 is 11.8 Å². The molecule has 0 radical (unpaired) electrons. The molecule has 1 aromatic rings. The number of nitrogens with zero attached hydrogens (tertiary/aromatic N) is 3. The molecule has 1 amide bonds. The number of imidazole rings is 1. The van der Waals surface area contributed by atoms with E-state index in [-0.39, 0.29) is 23.6 Å². The van der Waals surface area contributed by atoms with Gasteiger partial charge in [-0.25, -0.2) is 9.78 Å². The lowest BCUT2D eigenvalue weighted by Crippen LogP contribution is -2.58. The minimum Gasteiger partial charge on any atom is -0.427 e. The molecule has 0 spiro atoms. The number of thioether (sulfide) groups is 1. The Morgan fingerprint density at radius 3 is 2.65 bits per heavy atom. The summed E-state index contributed by atoms with van der Waals surface area (Å²) >= 11 is 1.27. The quantitative estimate of drug-likeness (QED) is 0.449. The highest BCUT2D eigenvalue weighted by Crippen LogP contribution is 2.51. The van der Waals surface area contributed by atoms with Crippen molar-refractivity contribution < 1.29 is 29.0 Å². The molecule has 3 rings (SSSR count). The van der Waals surface area contributed by atoms with Gasteiger partial charge in [-0.1, -0.05) is 11.8 Å². The van der Waals surface area contributed by atoms with Crippen LogP contribution in [0, 0.1) is 11.3 Å². The Kier molecular flexibility index (Phi) is 4.80. The molecule has 2 aliphatic heterocycles. The van der Waals surface area contributed by atoms with Crippen LogP contribution < -0.4 is 0 Å². The fraction of sp³-hybridized carbons (Fsp3) is 0.500. The predicted molar refractivity (Wildman–Crippen MR) is 90.7 cm³/mol. The number of aliphatic hydroxyl groups is 1. The smallest absolute Gasteiger partial charge is 0.360 e. The van der Waals surface area contributed by atoms with Crippen molar-refractivity contribution in [3.8, 4) is 0 Å². The molecule has 3 heterocycles. The molecule has 2 aliphatic rings. The Labute approximate surface area is 154 Å². The van der Waals surface area contributed by atoms with E-state index in [0.717, 1.165) is 0 Å². The second-order valence-corrected chi connectivity index (χ2v) is 7.97. The number of β-lactam (4-membered cyclic amide) rings is 1. The van der Waals surface area contributed by atoms with Crippen LogP contribution in [0.25, 0.3) is 5.03 Å². The number of fused-ring (bicyclic) bond motifs is 1. The van der Waals surface area contributed by atoms with Gasteiger partial charge < -0.3 is 14.6 Å². The average Bonchev–Trinajstić information content (AvgIpc) is 3.19. The van der Waals surface area contributed by atoms with E-state index in [1.165, 1.54) is 23.0 Å². The fourth-order valence-electron chi connectivity index (χ4n) is 2.51. The predicted octanol–water partition coefficient (Wildman–Crippen LogP) is 0.623. The zero-order valence-corrected chi connectivity index (χ0v) is 15.4. The van der Waals surface area contributed by atoms with Crippen LogP contribution in [-0.2, 0) is 23.9 Å². The van der Waals surface area contributed by atoms with Crippen LogP contribution in [-0.4, -0.2) is 56.2 Å². The van der Waals surface area contributed by atoms with Crippen LogP contribution in [0.3, 0.4) is 0 Å². The number of aliphatic hydroxyl groups excluding tert-OH is 1. The van der Waals surface area contributed by atoms with Crippen LogP contribution in [0.1, 0.15) is 20.8 Å². The molecule has 0 unspecified atom stereocenters. The monoisotopic (exact) mass is 381 g/mol. The van der Waals surface area contributed by atoms with Crippen molar-refractivity contribution in [2.75, 3.05) is 13.4 Å². The second-order valence-electron chi connectivity index (χ2n) is 6.86. The van der Waals surface area contributed by atoms with Gasteiger partial charge in [0.15, 0.2) is 5.70 Å². The van der Waals surface area contributed by atoms with E-state index >= 15 is 0 Å². The summed E-state index contributed by atoms with van der Waals surface area (Å²) in [6, 6.07) is 0. The van der Waals surface area contributed by atoms with Gasteiger partial charge in [-0.05, 0) is 20.8 Å². The van der Waals surface area contributed by atoms with Gasteiger partial charge in [-0.2, -0.15) is 0 Å². The third-order valence-electron chi connectivity index (χ3n) is 3.95. The highest BCUT2D eigenvalue weighted by molar-refractivity contribution is 8.08. The summed E-state index contributed by atoms with van der Waals surface area (Å²) in [5, 5.41) is 9.46. The van der Waals surface area contributed by atoms with E-state index < -0.39 is 30.1 Å². The van der Waals surface area contributed by atoms with E-state index in [0.29, 0.717) is 5.03 Å². The van der Waals surface area contributed by atoms with E-state index in [1.54, 1.807) is 37.7 Å². The van der Waals surface area contributed by atoms with Crippen molar-refractivity contribution in [3.05, 3.63) is 24.4 Å². The van der Waals surface area contributed by atoms with Crippen molar-refractivity contribution >= 4 is 34.6 Å². The molecule has 0 bridgehead atoms. The number of rotatable bonds is 5. The SMILES string of the molecule is CC(C)(C)C(=O)OCOC(=O)C1=C(n2ccnc2)S[C@@H]2[C@@H](CO)C(=O)N12. The van der Waals surface area contributed by atoms with E-state index in [4.69, 9.17) is 9.47 Å². The van der Waals surface area contributed by atoms with Gasteiger partial charge in [0.1, 0.15) is 10.4 Å². The highest BCUT2D eigenvalue weighted by atomic mass is 32.2. The average molecular weight is 381 g/mol. The summed E-state index contributed by atoms with van der Waals surface area (Å²) in [7, 11) is 0. The number of ether oxygens (including phenoxy) is 2. The van der Waals surface area contributed by atoms with Crippen molar-refractivity contribution in [1.29, 1.82) is 0 Å². The number of hydrogen-bond donors (Lipinski definition) is 1. The number of hydrogen-bond acceptors (Lipinski definition) is 8. The van der Waals surface area contributed by atoms with Crippen molar-refractivity contribution in [3.63, 3.8) is 0 Å². The molecule has 0 saturated carbocycles. The standard InChI is InChI=1S/C16H19N3O6S/c1-16(2,3)15(23)25-8-24-14(22)10-13(18-5-4-17-7-18)26-12-9(6-20)11(21)19(10)12/h4-5,7,9,12,20H,6,8H2,1-3H3/t9-,12+/m0/s1. The number of amides is 1. The lowest BCUT2D eigenvalue weighted by atomic mass is 9.98. The van der Waals surface area contributed by atoms with Gasteiger partial charge in [0, 0.05) is 12.4 Å². The van der Waals surface area contributed by atoms with Gasteiger partial charge >= 0.3 is 11.9 Å². The molecule has 1 fully saturated rings. The normalized spacial score (nSPS) is 22.2. The van der Waals surface area contributed by atoms with Crippen molar-refractivity contribution in [2.24, 2.45) is 11.3 Å². The maximum Gasteiger partial charge on any atom is 0.360 e. The van der Waals surface area contributed by atoms with Crippen molar-refractivity contribution in [1.82, 2.24) is 14.5 Å². The molecule has 9 nitrogen and oxygen atoms in total. The van der Waals surface area contributed by atoms with Gasteiger partial charge in [0.05, 0.1) is 24.3 Å². The van der Waals surface area contributed by atoms with E-state index in [2.05, 4.69) is 4.98 Å². The van der Waals surface area contributed by atoms with Gasteiger partial charge in [0.25, 0.3) is 0 Å². The molecule has 140 valence electrons. The van der Waals surface area contributed by atoms with Crippen LogP contribution in [0.4, 0.5) is 0 Å². The van der Waals surface area contributed by atoms with Crippen LogP contribution in [0.15, 0.2) is 24.4 Å². The summed E-state index contributed by atoms with van der Waals surface area (Å²) in [5.41, 5.74) is -0.663. The number of carbonyl (C=O) groups is 3. The first-order chi connectivity index (χ1) is 12.3. The Balaban J connectivity index is 1.76. The third-order valence-corrected chi connectivity index (χ3v) is 5.36. The first kappa shape index (κ1) is 18.5. The molecular weight excluding hydrogens is 362 g/mol. The first-order valence-corrected chi connectivity index (χ1v) is 8.81. The van der Waals surface area contributed by atoms with Gasteiger partial charge in [-0.3, -0.25) is 19.1 Å². The molecule has 0 aromatic carbocycles. The number of carbonyl (C=O) groups excluding carboxylic acids is 3. The van der Waals surface area contributed by atoms with E-state index in [1.807, 2.05) is 0 Å². The van der Waals surface area contributed by atoms with Gasteiger partial charge in [-0.15, -0.1) is 0 Å². The molecule has 1 saturated heterocycles. The summed E-state index contributed by atoms with van der Waals surface area (Å²) in [6.07, 6.45) is 4.68. The maximum atomic E-state index is 12.5. The summed E-state index contributed by atoms with van der Waals surface area (Å²) < 4.78 is 11.6. The zero-order valence-electron chi connectivity index (χ0n) is 14.5. The molecule has 0 aliphatic carbocycles. The summed E-state index contributed by atoms with van der Waals surface area (Å²) in [4.78, 5) is 41.7.